The lowest BCUT2D eigenvalue weighted by molar-refractivity contribution is -0.385. The Bertz CT molecular complexity index is 2830. The predicted octanol–water partition coefficient (Wildman–Crippen LogP) is 8.89. The van der Waals surface area contributed by atoms with E-state index in [4.69, 9.17) is 0 Å². The van der Waals surface area contributed by atoms with Crippen molar-refractivity contribution in [3.05, 3.63) is 194 Å². The van der Waals surface area contributed by atoms with E-state index >= 15 is 0 Å². The number of carbonyl (C=O) groups is 4. The Labute approximate surface area is 339 Å². The largest absolute Gasteiger partial charge is 0.507 e. The van der Waals surface area contributed by atoms with Gasteiger partial charge in [-0.1, -0.05) is 54.6 Å². The van der Waals surface area contributed by atoms with E-state index in [0.717, 1.165) is 23.5 Å². The summed E-state index contributed by atoms with van der Waals surface area (Å²) in [5.74, 6) is -4.43. The van der Waals surface area contributed by atoms with Crippen LogP contribution in [0.3, 0.4) is 0 Å². The Hall–Kier alpha value is -8.78. The van der Waals surface area contributed by atoms with Gasteiger partial charge in [-0.25, -0.2) is 0 Å². The van der Waals surface area contributed by atoms with Gasteiger partial charge in [-0.2, -0.15) is 0 Å². The van der Waals surface area contributed by atoms with Gasteiger partial charge in [0.05, 0.1) is 60.9 Å². The molecule has 0 aromatic heterocycles. The molecule has 7 N–H and O–H groups in total. The summed E-state index contributed by atoms with van der Waals surface area (Å²) in [6.45, 7) is 0. The average molecular weight is 799 g/mol. The van der Waals surface area contributed by atoms with Crippen molar-refractivity contribution in [2.24, 2.45) is 0 Å². The fourth-order valence-corrected chi connectivity index (χ4v) is 7.21. The average Bonchev–Trinajstić information content (AvgIpc) is 3.24. The maximum absolute atomic E-state index is 13.7. The molecule has 0 saturated heterocycles. The highest BCUT2D eigenvalue weighted by Crippen LogP contribution is 2.45. The standard InChI is InChI=1S/C26H18N2O4.C20H12N2O6/c29-19-13-11-17(27-15-7-3-1-4-8-15)21-23(19)26(32)24-20(30)14-12-18(22(24)25(21)31)28-16-9-5-2-6-10-16;23-13-8-6-11(21-10-4-2-1-3-5-10)15-17(13)20(26)18-14(24)9-7-12(22(27)28)16(18)19(15)25/h1-14,27-30H;1-9,21,23-24H. The third kappa shape index (κ3) is 6.65. The summed E-state index contributed by atoms with van der Waals surface area (Å²) in [6.07, 6.45) is 0. The zero-order valence-corrected chi connectivity index (χ0v) is 31.0. The number of hydrogen-bond acceptors (Lipinski definition) is 13. The number of rotatable bonds is 7. The third-order valence-electron chi connectivity index (χ3n) is 9.88. The van der Waals surface area contributed by atoms with Crippen LogP contribution in [0.15, 0.2) is 140 Å². The molecule has 0 spiro atoms. The fourth-order valence-electron chi connectivity index (χ4n) is 7.21. The van der Waals surface area contributed by atoms with Crippen molar-refractivity contribution in [3.8, 4) is 23.0 Å². The second-order valence-electron chi connectivity index (χ2n) is 13.5. The van der Waals surface area contributed by atoms with Crippen molar-refractivity contribution in [1.82, 2.24) is 0 Å². The topological polar surface area (TPSA) is 228 Å². The number of nitrogens with one attached hydrogen (secondary N) is 3. The van der Waals surface area contributed by atoms with Crippen molar-refractivity contribution >= 4 is 62.9 Å². The van der Waals surface area contributed by atoms with Gasteiger partial charge in [-0.05, 0) is 78.9 Å². The summed E-state index contributed by atoms with van der Waals surface area (Å²) >= 11 is 0. The molecule has 0 unspecified atom stereocenters. The molecule has 7 aromatic carbocycles. The molecule has 0 atom stereocenters. The summed E-state index contributed by atoms with van der Waals surface area (Å²) in [4.78, 5) is 63.8. The molecule has 9 rings (SSSR count). The Morgan fingerprint density at radius 2 is 0.617 bits per heavy atom. The summed E-state index contributed by atoms with van der Waals surface area (Å²) in [5, 5.41) is 61.9. The van der Waals surface area contributed by atoms with Crippen molar-refractivity contribution in [2.75, 3.05) is 16.0 Å². The number of nitro benzene ring substituents is 1. The second-order valence-corrected chi connectivity index (χ2v) is 13.5. The van der Waals surface area contributed by atoms with E-state index in [-0.39, 0.29) is 50.6 Å². The van der Waals surface area contributed by atoms with Crippen LogP contribution in [0.25, 0.3) is 0 Å². The first kappa shape index (κ1) is 38.1. The van der Waals surface area contributed by atoms with Crippen LogP contribution in [0.4, 0.5) is 39.8 Å². The lowest BCUT2D eigenvalue weighted by atomic mass is 9.81. The van der Waals surface area contributed by atoms with E-state index in [1.807, 2.05) is 60.7 Å². The first-order valence-electron chi connectivity index (χ1n) is 18.2. The third-order valence-corrected chi connectivity index (χ3v) is 9.88. The number of para-hydroxylation sites is 3. The van der Waals surface area contributed by atoms with E-state index in [2.05, 4.69) is 16.0 Å². The van der Waals surface area contributed by atoms with Gasteiger partial charge >= 0.3 is 0 Å². The van der Waals surface area contributed by atoms with E-state index in [9.17, 15) is 49.7 Å². The van der Waals surface area contributed by atoms with Crippen LogP contribution in [0.5, 0.6) is 23.0 Å². The van der Waals surface area contributed by atoms with E-state index in [1.165, 1.54) is 24.3 Å². The molecule has 0 radical (unpaired) electrons. The van der Waals surface area contributed by atoms with E-state index in [0.29, 0.717) is 17.1 Å². The van der Waals surface area contributed by atoms with E-state index < -0.39 is 56.4 Å². The van der Waals surface area contributed by atoms with Gasteiger partial charge in [-0.15, -0.1) is 0 Å². The number of nitrogens with zero attached hydrogens (tertiary/aromatic N) is 1. The number of phenols is 4. The molecular formula is C46H30N4O10. The number of nitro groups is 1. The van der Waals surface area contributed by atoms with Crippen LogP contribution in [0.1, 0.15) is 63.7 Å². The molecule has 2 aliphatic rings. The zero-order valence-electron chi connectivity index (χ0n) is 31.0. The summed E-state index contributed by atoms with van der Waals surface area (Å²) in [7, 11) is 0. The van der Waals surface area contributed by atoms with Gasteiger partial charge in [0.2, 0.25) is 17.3 Å². The predicted molar refractivity (Wildman–Crippen MR) is 222 cm³/mol. The molecule has 0 fully saturated rings. The van der Waals surface area contributed by atoms with Gasteiger partial charge in [0.15, 0.2) is 5.78 Å². The highest BCUT2D eigenvalue weighted by atomic mass is 16.6. The number of carbonyl (C=O) groups excluding carboxylic acids is 4. The van der Waals surface area contributed by atoms with Crippen LogP contribution in [-0.4, -0.2) is 48.5 Å². The number of phenolic OH excluding ortho intramolecular Hbond substituents is 4. The quantitative estimate of drug-likeness (QED) is 0.0454. The normalized spacial score (nSPS) is 12.2. The molecule has 14 heteroatoms. The van der Waals surface area contributed by atoms with Crippen LogP contribution in [-0.2, 0) is 0 Å². The van der Waals surface area contributed by atoms with Crippen LogP contribution in [0.2, 0.25) is 0 Å². The molecule has 0 aliphatic heterocycles. The van der Waals surface area contributed by atoms with Crippen LogP contribution < -0.4 is 16.0 Å². The number of ketones is 4. The number of fused-ring (bicyclic) bond motifs is 4. The molecule has 14 nitrogen and oxygen atoms in total. The molecule has 2 aliphatic carbocycles. The summed E-state index contributed by atoms with van der Waals surface area (Å²) in [5.41, 5.74) is 0.858. The second kappa shape index (κ2) is 15.3. The lowest BCUT2D eigenvalue weighted by Crippen LogP contribution is -2.23. The number of aromatic hydroxyl groups is 4. The smallest absolute Gasteiger partial charge is 0.281 e. The maximum Gasteiger partial charge on any atom is 0.281 e. The molecule has 0 bridgehead atoms. The van der Waals surface area contributed by atoms with Crippen molar-refractivity contribution < 1.29 is 44.5 Å². The SMILES string of the molecule is O=C1c2c(O)ccc(Nc3ccccc3)c2C(=O)c2c(Nc3ccccc3)ccc(O)c21.O=C1c2c(O)ccc(Nc3ccccc3)c2C(=O)c2c([N+](=O)[O-])ccc(O)c21. The summed E-state index contributed by atoms with van der Waals surface area (Å²) < 4.78 is 0. The van der Waals surface area contributed by atoms with Gasteiger partial charge in [0.1, 0.15) is 28.6 Å². The molecular weight excluding hydrogens is 769 g/mol. The Morgan fingerprint density at radius 3 is 0.933 bits per heavy atom. The zero-order chi connectivity index (χ0) is 42.2. The number of benzene rings is 7. The van der Waals surface area contributed by atoms with Gasteiger partial charge in [0, 0.05) is 23.1 Å². The molecule has 7 aromatic rings. The Kier molecular flexibility index (Phi) is 9.71. The number of hydrogen-bond donors (Lipinski definition) is 7. The monoisotopic (exact) mass is 798 g/mol. The lowest BCUT2D eigenvalue weighted by Gasteiger charge is -2.24. The van der Waals surface area contributed by atoms with Crippen LogP contribution in [0, 0.1) is 10.1 Å². The first-order valence-corrected chi connectivity index (χ1v) is 18.2. The van der Waals surface area contributed by atoms with E-state index in [1.54, 1.807) is 42.5 Å². The molecule has 0 amide bonds. The number of anilines is 6. The van der Waals surface area contributed by atoms with Gasteiger partial charge in [-0.3, -0.25) is 29.3 Å². The molecule has 294 valence electrons. The fraction of sp³-hybridized carbons (Fsp3) is 0. The minimum Gasteiger partial charge on any atom is -0.507 e. The van der Waals surface area contributed by atoms with Crippen molar-refractivity contribution in [2.45, 2.75) is 0 Å². The van der Waals surface area contributed by atoms with Gasteiger partial charge in [0.25, 0.3) is 5.69 Å². The van der Waals surface area contributed by atoms with Crippen molar-refractivity contribution in [1.29, 1.82) is 0 Å². The Morgan fingerprint density at radius 1 is 0.350 bits per heavy atom. The highest BCUT2D eigenvalue weighted by Gasteiger charge is 2.41. The Balaban J connectivity index is 0.000000168. The van der Waals surface area contributed by atoms with Crippen LogP contribution >= 0.6 is 0 Å². The first-order chi connectivity index (χ1) is 28.9. The summed E-state index contributed by atoms with van der Waals surface area (Å²) in [6, 6.07) is 37.7. The maximum atomic E-state index is 13.7. The molecule has 0 saturated carbocycles. The minimum absolute atomic E-state index is 0.0630. The minimum atomic E-state index is -0.861. The van der Waals surface area contributed by atoms with Crippen molar-refractivity contribution in [3.63, 3.8) is 0 Å². The highest BCUT2D eigenvalue weighted by molar-refractivity contribution is 6.34. The molecule has 0 heterocycles. The molecule has 60 heavy (non-hydrogen) atoms. The van der Waals surface area contributed by atoms with Gasteiger partial charge < -0.3 is 36.4 Å².